The van der Waals surface area contributed by atoms with E-state index in [1.54, 1.807) is 0 Å². The second-order valence-electron chi connectivity index (χ2n) is 5.77. The summed E-state index contributed by atoms with van der Waals surface area (Å²) in [5, 5.41) is 3.39. The number of piperazine rings is 1. The van der Waals surface area contributed by atoms with E-state index < -0.39 is 0 Å². The van der Waals surface area contributed by atoms with Crippen LogP contribution in [-0.4, -0.2) is 37.1 Å². The molecule has 0 aromatic heterocycles. The van der Waals surface area contributed by atoms with Crippen molar-refractivity contribution >= 4 is 0 Å². The lowest BCUT2D eigenvalue weighted by Gasteiger charge is -2.36. The van der Waals surface area contributed by atoms with Crippen LogP contribution >= 0.6 is 0 Å². The Morgan fingerprint density at radius 1 is 1.11 bits per heavy atom. The van der Waals surface area contributed by atoms with Gasteiger partial charge in [0.15, 0.2) is 0 Å². The minimum absolute atomic E-state index is 0.0948. The molecule has 1 aliphatic rings. The van der Waals surface area contributed by atoms with E-state index in [0.29, 0.717) is 6.04 Å². The summed E-state index contributed by atoms with van der Waals surface area (Å²) in [6.45, 7) is 13.1. The Labute approximate surface area is 117 Å². The van der Waals surface area contributed by atoms with Crippen molar-refractivity contribution in [3.8, 4) is 0 Å². The van der Waals surface area contributed by atoms with E-state index in [9.17, 15) is 0 Å². The largest absolute Gasteiger partial charge is 0.323 e. The van der Waals surface area contributed by atoms with Crippen LogP contribution < -0.4 is 11.1 Å². The maximum atomic E-state index is 6.53. The highest BCUT2D eigenvalue weighted by Gasteiger charge is 2.24. The number of aryl methyl sites for hydroxylation is 1. The Morgan fingerprint density at radius 2 is 1.74 bits per heavy atom. The fourth-order valence-electron chi connectivity index (χ4n) is 2.91. The Morgan fingerprint density at radius 3 is 2.37 bits per heavy atom. The quantitative estimate of drug-likeness (QED) is 0.873. The van der Waals surface area contributed by atoms with Crippen LogP contribution in [0.4, 0.5) is 0 Å². The van der Waals surface area contributed by atoms with Crippen LogP contribution in [0.3, 0.4) is 0 Å². The van der Waals surface area contributed by atoms with Crippen molar-refractivity contribution in [3.63, 3.8) is 0 Å². The highest BCUT2D eigenvalue weighted by molar-refractivity contribution is 5.40. The van der Waals surface area contributed by atoms with Gasteiger partial charge in [-0.15, -0.1) is 0 Å². The predicted octanol–water partition coefficient (Wildman–Crippen LogP) is 1.91. The zero-order valence-corrected chi connectivity index (χ0v) is 12.7. The maximum absolute atomic E-state index is 6.53. The van der Waals surface area contributed by atoms with Crippen LogP contribution in [0.25, 0.3) is 0 Å². The summed E-state index contributed by atoms with van der Waals surface area (Å²) in [6.07, 6.45) is 0. The number of benzene rings is 1. The van der Waals surface area contributed by atoms with Crippen molar-refractivity contribution < 1.29 is 0 Å². The smallest absolute Gasteiger partial charge is 0.0453 e. The fourth-order valence-corrected chi connectivity index (χ4v) is 2.91. The molecule has 3 nitrogen and oxygen atoms in total. The van der Waals surface area contributed by atoms with Crippen LogP contribution in [0.15, 0.2) is 12.1 Å². The molecule has 0 aliphatic carbocycles. The number of hydrogen-bond donors (Lipinski definition) is 2. The van der Waals surface area contributed by atoms with E-state index >= 15 is 0 Å². The lowest BCUT2D eigenvalue weighted by Crippen LogP contribution is -2.50. The van der Waals surface area contributed by atoms with E-state index in [-0.39, 0.29) is 6.04 Å². The van der Waals surface area contributed by atoms with E-state index in [2.05, 4.69) is 50.0 Å². The van der Waals surface area contributed by atoms with Crippen LogP contribution in [0, 0.1) is 20.8 Å². The number of nitrogens with one attached hydrogen (secondary N) is 1. The number of rotatable bonds is 3. The molecule has 1 heterocycles. The first-order valence-corrected chi connectivity index (χ1v) is 7.29. The van der Waals surface area contributed by atoms with Crippen molar-refractivity contribution in [2.75, 3.05) is 26.2 Å². The molecule has 1 saturated heterocycles. The molecular weight excluding hydrogens is 234 g/mol. The highest BCUT2D eigenvalue weighted by atomic mass is 15.2. The number of nitrogens with zero attached hydrogens (tertiary/aromatic N) is 1. The second-order valence-corrected chi connectivity index (χ2v) is 5.77. The molecule has 106 valence electrons. The lowest BCUT2D eigenvalue weighted by molar-refractivity contribution is 0.163. The third-order valence-corrected chi connectivity index (χ3v) is 4.71. The molecular formula is C16H27N3. The third-order valence-electron chi connectivity index (χ3n) is 4.71. The molecule has 19 heavy (non-hydrogen) atoms. The Kier molecular flexibility index (Phi) is 4.61. The molecule has 3 heteroatoms. The number of nitrogens with two attached hydrogens (primary N) is 1. The highest BCUT2D eigenvalue weighted by Crippen LogP contribution is 2.25. The maximum Gasteiger partial charge on any atom is 0.0453 e. The first kappa shape index (κ1) is 14.5. The minimum Gasteiger partial charge on any atom is -0.323 e. The van der Waals surface area contributed by atoms with Crippen LogP contribution in [0.5, 0.6) is 0 Å². The summed E-state index contributed by atoms with van der Waals surface area (Å²) in [5.74, 6) is 0. The molecule has 0 radical (unpaired) electrons. The van der Waals surface area contributed by atoms with Gasteiger partial charge in [0.1, 0.15) is 0 Å². The lowest BCUT2D eigenvalue weighted by atomic mass is 9.91. The average molecular weight is 261 g/mol. The normalized spacial score (nSPS) is 20.3. The first-order chi connectivity index (χ1) is 9.02. The van der Waals surface area contributed by atoms with E-state index in [4.69, 9.17) is 5.73 Å². The van der Waals surface area contributed by atoms with Gasteiger partial charge < -0.3 is 11.1 Å². The predicted molar refractivity (Wildman–Crippen MR) is 81.5 cm³/mol. The zero-order valence-electron chi connectivity index (χ0n) is 12.7. The van der Waals surface area contributed by atoms with Gasteiger partial charge in [0.05, 0.1) is 0 Å². The molecule has 1 aliphatic heterocycles. The molecule has 2 atom stereocenters. The van der Waals surface area contributed by atoms with Crippen molar-refractivity contribution in [2.24, 2.45) is 5.73 Å². The standard InChI is InChI=1S/C16H27N3/c1-11-5-6-15(13(3)12(11)2)16(17)14(4)19-9-7-18-8-10-19/h5-6,14,16,18H,7-10,17H2,1-4H3. The Balaban J connectivity index is 2.18. The summed E-state index contributed by atoms with van der Waals surface area (Å²) < 4.78 is 0. The molecule has 1 fully saturated rings. The van der Waals surface area contributed by atoms with Crippen LogP contribution in [0.1, 0.15) is 35.2 Å². The second kappa shape index (κ2) is 6.04. The minimum atomic E-state index is 0.0948. The van der Waals surface area contributed by atoms with E-state index in [1.807, 2.05) is 0 Å². The molecule has 2 unspecified atom stereocenters. The molecule has 3 N–H and O–H groups in total. The van der Waals surface area contributed by atoms with Gasteiger partial charge in [-0.05, 0) is 49.9 Å². The van der Waals surface area contributed by atoms with Gasteiger partial charge in [0, 0.05) is 38.3 Å². The van der Waals surface area contributed by atoms with E-state index in [0.717, 1.165) is 26.2 Å². The van der Waals surface area contributed by atoms with Crippen molar-refractivity contribution in [1.82, 2.24) is 10.2 Å². The van der Waals surface area contributed by atoms with Crippen LogP contribution in [0.2, 0.25) is 0 Å². The van der Waals surface area contributed by atoms with Gasteiger partial charge in [-0.1, -0.05) is 12.1 Å². The summed E-state index contributed by atoms with van der Waals surface area (Å²) in [6, 6.07) is 4.89. The molecule has 0 bridgehead atoms. The zero-order chi connectivity index (χ0) is 14.0. The topological polar surface area (TPSA) is 41.3 Å². The molecule has 1 aromatic carbocycles. The monoisotopic (exact) mass is 261 g/mol. The summed E-state index contributed by atoms with van der Waals surface area (Å²) in [5.41, 5.74) is 11.9. The van der Waals surface area contributed by atoms with Gasteiger partial charge in [-0.3, -0.25) is 4.90 Å². The SMILES string of the molecule is Cc1ccc(C(N)C(C)N2CCNCC2)c(C)c1C. The summed E-state index contributed by atoms with van der Waals surface area (Å²) >= 11 is 0. The summed E-state index contributed by atoms with van der Waals surface area (Å²) in [7, 11) is 0. The average Bonchev–Trinajstić information content (AvgIpc) is 2.44. The molecule has 0 spiro atoms. The fraction of sp³-hybridized carbons (Fsp3) is 0.625. The summed E-state index contributed by atoms with van der Waals surface area (Å²) in [4.78, 5) is 2.50. The van der Waals surface area contributed by atoms with Crippen molar-refractivity contribution in [1.29, 1.82) is 0 Å². The molecule has 2 rings (SSSR count). The third kappa shape index (κ3) is 2.99. The molecule has 1 aromatic rings. The van der Waals surface area contributed by atoms with Crippen molar-refractivity contribution in [2.45, 2.75) is 39.8 Å². The van der Waals surface area contributed by atoms with Gasteiger partial charge in [-0.25, -0.2) is 0 Å². The van der Waals surface area contributed by atoms with Gasteiger partial charge in [-0.2, -0.15) is 0 Å². The first-order valence-electron chi connectivity index (χ1n) is 7.29. The molecule has 0 amide bonds. The Hall–Kier alpha value is -0.900. The van der Waals surface area contributed by atoms with E-state index in [1.165, 1.54) is 22.3 Å². The van der Waals surface area contributed by atoms with Crippen LogP contribution in [-0.2, 0) is 0 Å². The van der Waals surface area contributed by atoms with Gasteiger partial charge in [0.2, 0.25) is 0 Å². The van der Waals surface area contributed by atoms with Gasteiger partial charge >= 0.3 is 0 Å². The Bertz CT molecular complexity index is 436. The number of hydrogen-bond acceptors (Lipinski definition) is 3. The van der Waals surface area contributed by atoms with Gasteiger partial charge in [0.25, 0.3) is 0 Å². The van der Waals surface area contributed by atoms with Crippen molar-refractivity contribution in [3.05, 3.63) is 34.4 Å². The molecule has 0 saturated carbocycles.